The van der Waals surface area contributed by atoms with Crippen molar-refractivity contribution in [2.75, 3.05) is 23.3 Å². The first-order valence-electron chi connectivity index (χ1n) is 7.67. The molecule has 2 aromatic carbocycles. The first-order valence-corrected chi connectivity index (χ1v) is 7.67. The first kappa shape index (κ1) is 17.3. The standard InChI is InChI=1S/C18H21N3O.ClH/c1-14(18(22)20-16-8-3-2-4-9-16)21-12-11-19-13-15-7-5-6-10-17(15)21;/h2-10,14,19H,11-13H2,1H3,(H,20,22);1H. The Bertz CT molecular complexity index is 648. The van der Waals surface area contributed by atoms with Gasteiger partial charge in [-0.15, -0.1) is 12.4 Å². The number of anilines is 2. The van der Waals surface area contributed by atoms with E-state index in [1.165, 1.54) is 5.56 Å². The molecular weight excluding hydrogens is 310 g/mol. The van der Waals surface area contributed by atoms with Crippen LogP contribution in [0.2, 0.25) is 0 Å². The molecule has 122 valence electrons. The molecule has 0 aromatic heterocycles. The van der Waals surface area contributed by atoms with E-state index in [9.17, 15) is 4.79 Å². The zero-order valence-corrected chi connectivity index (χ0v) is 14.0. The summed E-state index contributed by atoms with van der Waals surface area (Å²) in [4.78, 5) is 14.7. The van der Waals surface area contributed by atoms with Crippen molar-refractivity contribution >= 4 is 29.7 Å². The Morgan fingerprint density at radius 2 is 1.83 bits per heavy atom. The average molecular weight is 332 g/mol. The van der Waals surface area contributed by atoms with Crippen LogP contribution in [-0.2, 0) is 11.3 Å². The maximum atomic E-state index is 12.6. The maximum Gasteiger partial charge on any atom is 0.246 e. The van der Waals surface area contributed by atoms with Gasteiger partial charge in [0, 0.05) is 31.0 Å². The summed E-state index contributed by atoms with van der Waals surface area (Å²) in [7, 11) is 0. The number of amides is 1. The number of carbonyl (C=O) groups is 1. The van der Waals surface area contributed by atoms with Crippen LogP contribution in [0.3, 0.4) is 0 Å². The van der Waals surface area contributed by atoms with Crippen molar-refractivity contribution in [2.45, 2.75) is 19.5 Å². The Morgan fingerprint density at radius 3 is 2.61 bits per heavy atom. The van der Waals surface area contributed by atoms with Gasteiger partial charge in [0.1, 0.15) is 6.04 Å². The SMILES string of the molecule is CC(C(=O)Nc1ccccc1)N1CCNCc2ccccc21.Cl. The quantitative estimate of drug-likeness (QED) is 0.908. The van der Waals surface area contributed by atoms with Crippen molar-refractivity contribution in [3.05, 3.63) is 60.2 Å². The molecule has 0 aliphatic carbocycles. The van der Waals surface area contributed by atoms with Crippen LogP contribution in [0, 0.1) is 0 Å². The van der Waals surface area contributed by atoms with Gasteiger partial charge in [-0.05, 0) is 30.7 Å². The van der Waals surface area contributed by atoms with Crippen LogP contribution < -0.4 is 15.5 Å². The number of benzene rings is 2. The third-order valence-corrected chi connectivity index (χ3v) is 4.03. The van der Waals surface area contributed by atoms with Crippen LogP contribution in [0.1, 0.15) is 12.5 Å². The Labute approximate surface area is 143 Å². The molecule has 0 fully saturated rings. The van der Waals surface area contributed by atoms with Gasteiger partial charge in [0.15, 0.2) is 0 Å². The van der Waals surface area contributed by atoms with Crippen molar-refractivity contribution in [3.63, 3.8) is 0 Å². The number of hydrogen-bond acceptors (Lipinski definition) is 3. The highest BCUT2D eigenvalue weighted by Gasteiger charge is 2.24. The highest BCUT2D eigenvalue weighted by Crippen LogP contribution is 2.24. The van der Waals surface area contributed by atoms with E-state index in [0.717, 1.165) is 31.0 Å². The molecular formula is C18H22ClN3O. The number of fused-ring (bicyclic) bond motifs is 1. The second-order valence-electron chi connectivity index (χ2n) is 5.53. The normalized spacial score (nSPS) is 14.9. The van der Waals surface area contributed by atoms with Gasteiger partial charge in [0.05, 0.1) is 0 Å². The molecule has 0 spiro atoms. The van der Waals surface area contributed by atoms with Crippen molar-refractivity contribution < 1.29 is 4.79 Å². The third-order valence-electron chi connectivity index (χ3n) is 4.03. The Morgan fingerprint density at radius 1 is 1.13 bits per heavy atom. The molecule has 1 aliphatic rings. The van der Waals surface area contributed by atoms with Gasteiger partial charge in [0.25, 0.3) is 0 Å². The van der Waals surface area contributed by atoms with Gasteiger partial charge >= 0.3 is 0 Å². The molecule has 5 heteroatoms. The van der Waals surface area contributed by atoms with Gasteiger partial charge in [-0.2, -0.15) is 0 Å². The lowest BCUT2D eigenvalue weighted by molar-refractivity contribution is -0.117. The summed E-state index contributed by atoms with van der Waals surface area (Å²) in [5, 5.41) is 6.39. The summed E-state index contributed by atoms with van der Waals surface area (Å²) >= 11 is 0. The van der Waals surface area contributed by atoms with E-state index in [-0.39, 0.29) is 24.4 Å². The average Bonchev–Trinajstić information content (AvgIpc) is 2.77. The molecule has 23 heavy (non-hydrogen) atoms. The second kappa shape index (κ2) is 7.99. The minimum atomic E-state index is -0.221. The fraction of sp³-hybridized carbons (Fsp3) is 0.278. The number of hydrogen-bond donors (Lipinski definition) is 2. The van der Waals surface area contributed by atoms with Gasteiger partial charge in [-0.1, -0.05) is 36.4 Å². The summed E-state index contributed by atoms with van der Waals surface area (Å²) in [5.41, 5.74) is 3.21. The van der Waals surface area contributed by atoms with Crippen LogP contribution in [0.15, 0.2) is 54.6 Å². The number of nitrogens with zero attached hydrogens (tertiary/aromatic N) is 1. The number of para-hydroxylation sites is 2. The van der Waals surface area contributed by atoms with Crippen LogP contribution in [0.25, 0.3) is 0 Å². The molecule has 0 saturated heterocycles. The van der Waals surface area contributed by atoms with E-state index in [0.29, 0.717) is 0 Å². The Hall–Kier alpha value is -2.04. The maximum absolute atomic E-state index is 12.6. The molecule has 0 saturated carbocycles. The van der Waals surface area contributed by atoms with E-state index in [1.807, 2.05) is 49.4 Å². The molecule has 1 amide bonds. The lowest BCUT2D eigenvalue weighted by Gasteiger charge is -2.30. The van der Waals surface area contributed by atoms with Crippen molar-refractivity contribution in [2.24, 2.45) is 0 Å². The van der Waals surface area contributed by atoms with Crippen LogP contribution in [0.4, 0.5) is 11.4 Å². The number of carbonyl (C=O) groups excluding carboxylic acids is 1. The van der Waals surface area contributed by atoms with E-state index in [1.54, 1.807) is 0 Å². The molecule has 1 unspecified atom stereocenters. The summed E-state index contributed by atoms with van der Waals surface area (Å²) in [5.74, 6) is 0.0166. The minimum Gasteiger partial charge on any atom is -0.358 e. The Balaban J connectivity index is 0.00000192. The summed E-state index contributed by atoms with van der Waals surface area (Å²) in [6.45, 7) is 4.50. The first-order chi connectivity index (χ1) is 10.8. The van der Waals surface area contributed by atoms with Crippen LogP contribution >= 0.6 is 12.4 Å². The Kier molecular flexibility index (Phi) is 6.02. The predicted octanol–water partition coefficient (Wildman–Crippen LogP) is 3.05. The number of halogens is 1. The minimum absolute atomic E-state index is 0. The zero-order chi connectivity index (χ0) is 15.4. The van der Waals surface area contributed by atoms with Gasteiger partial charge < -0.3 is 15.5 Å². The monoisotopic (exact) mass is 331 g/mol. The molecule has 4 nitrogen and oxygen atoms in total. The van der Waals surface area contributed by atoms with Gasteiger partial charge in [-0.3, -0.25) is 4.79 Å². The lowest BCUT2D eigenvalue weighted by atomic mass is 10.1. The molecule has 2 N–H and O–H groups in total. The molecule has 1 aliphatic heterocycles. The molecule has 3 rings (SSSR count). The predicted molar refractivity (Wildman–Crippen MR) is 97.3 cm³/mol. The second-order valence-corrected chi connectivity index (χ2v) is 5.53. The zero-order valence-electron chi connectivity index (χ0n) is 13.2. The summed E-state index contributed by atoms with van der Waals surface area (Å²) in [6.07, 6.45) is 0. The smallest absolute Gasteiger partial charge is 0.246 e. The fourth-order valence-corrected chi connectivity index (χ4v) is 2.80. The van der Waals surface area contributed by atoms with Crippen molar-refractivity contribution in [1.29, 1.82) is 0 Å². The highest BCUT2D eigenvalue weighted by atomic mass is 35.5. The number of nitrogens with one attached hydrogen (secondary N) is 2. The fourth-order valence-electron chi connectivity index (χ4n) is 2.80. The van der Waals surface area contributed by atoms with Crippen LogP contribution in [0.5, 0.6) is 0 Å². The van der Waals surface area contributed by atoms with Gasteiger partial charge in [-0.25, -0.2) is 0 Å². The highest BCUT2D eigenvalue weighted by molar-refractivity contribution is 5.96. The topological polar surface area (TPSA) is 44.4 Å². The number of rotatable bonds is 3. The van der Waals surface area contributed by atoms with E-state index < -0.39 is 0 Å². The van der Waals surface area contributed by atoms with Gasteiger partial charge in [0.2, 0.25) is 5.91 Å². The molecule has 0 bridgehead atoms. The van der Waals surface area contributed by atoms with Crippen molar-refractivity contribution in [1.82, 2.24) is 5.32 Å². The molecule has 1 heterocycles. The largest absolute Gasteiger partial charge is 0.358 e. The summed E-state index contributed by atoms with van der Waals surface area (Å²) < 4.78 is 0. The third kappa shape index (κ3) is 4.03. The van der Waals surface area contributed by atoms with Crippen LogP contribution in [-0.4, -0.2) is 25.0 Å². The van der Waals surface area contributed by atoms with E-state index >= 15 is 0 Å². The van der Waals surface area contributed by atoms with Crippen molar-refractivity contribution in [3.8, 4) is 0 Å². The molecule has 2 aromatic rings. The molecule has 0 radical (unpaired) electrons. The lowest BCUT2D eigenvalue weighted by Crippen LogP contribution is -2.44. The summed E-state index contributed by atoms with van der Waals surface area (Å²) in [6, 6.07) is 17.6. The molecule has 1 atom stereocenters. The van der Waals surface area contributed by atoms with E-state index in [2.05, 4.69) is 27.7 Å². The van der Waals surface area contributed by atoms with E-state index in [4.69, 9.17) is 0 Å².